The third kappa shape index (κ3) is 5.39. The van der Waals surface area contributed by atoms with Gasteiger partial charge >= 0.3 is 0 Å². The summed E-state index contributed by atoms with van der Waals surface area (Å²) in [6.45, 7) is 4.61. The van der Waals surface area contributed by atoms with Crippen molar-refractivity contribution in [3.8, 4) is 22.6 Å². The van der Waals surface area contributed by atoms with Crippen molar-refractivity contribution in [2.45, 2.75) is 26.7 Å². The molecule has 4 aliphatic carbocycles. The molecule has 224 valence electrons. The van der Waals surface area contributed by atoms with Crippen molar-refractivity contribution in [1.82, 2.24) is 9.97 Å². The minimum Gasteiger partial charge on any atom is -0.228 e. The van der Waals surface area contributed by atoms with E-state index in [0.29, 0.717) is 11.8 Å². The fraction of sp³-hybridized carbons (Fsp3) is 0.182. The molecule has 0 aliphatic heterocycles. The summed E-state index contributed by atoms with van der Waals surface area (Å²) in [6.07, 6.45) is 23.6. The molecule has 0 amide bonds. The normalized spacial score (nSPS) is 23.3. The Morgan fingerprint density at radius 2 is 1.46 bits per heavy atom. The second kappa shape index (κ2) is 12.0. The number of aromatic nitrogens is 2. The van der Waals surface area contributed by atoms with Crippen LogP contribution in [0.25, 0.3) is 39.9 Å². The van der Waals surface area contributed by atoms with Gasteiger partial charge in [-0.3, -0.25) is 0 Å². The third-order valence-corrected chi connectivity index (χ3v) is 9.90. The van der Waals surface area contributed by atoms with Crippen molar-refractivity contribution >= 4 is 17.2 Å². The summed E-state index contributed by atoms with van der Waals surface area (Å²) in [5, 5.41) is 2.67. The Morgan fingerprint density at radius 1 is 0.717 bits per heavy atom. The zero-order valence-corrected chi connectivity index (χ0v) is 26.5. The quantitative estimate of drug-likeness (QED) is 0.230. The second-order valence-corrected chi connectivity index (χ2v) is 13.1. The van der Waals surface area contributed by atoms with Gasteiger partial charge in [0.05, 0.1) is 11.4 Å². The first-order valence-electron chi connectivity index (χ1n) is 16.6. The first-order valence-corrected chi connectivity index (χ1v) is 16.6. The van der Waals surface area contributed by atoms with E-state index in [4.69, 9.17) is 9.97 Å². The molecule has 2 nitrogen and oxygen atoms in total. The molecule has 4 aromatic rings. The van der Waals surface area contributed by atoms with Crippen LogP contribution in [0.3, 0.4) is 0 Å². The highest BCUT2D eigenvalue weighted by atomic mass is 14.9. The van der Waals surface area contributed by atoms with Gasteiger partial charge in [-0.1, -0.05) is 152 Å². The van der Waals surface area contributed by atoms with E-state index < -0.39 is 0 Å². The fourth-order valence-corrected chi connectivity index (χ4v) is 7.66. The summed E-state index contributed by atoms with van der Waals surface area (Å²) in [5.74, 6) is 2.16. The number of benzene rings is 3. The minimum absolute atomic E-state index is 0.236. The van der Waals surface area contributed by atoms with Gasteiger partial charge in [-0.2, -0.15) is 0 Å². The summed E-state index contributed by atoms with van der Waals surface area (Å²) < 4.78 is 0. The SMILES string of the molecule is CC1=CC(C)CC=C1C1C=C(C2C=c3ccccc3=C3C=CC=CC32)C=C(c2cc(-c3ccccc3)nc(-c3ccccc3)n2)C1. The van der Waals surface area contributed by atoms with Gasteiger partial charge in [-0.15, -0.1) is 0 Å². The summed E-state index contributed by atoms with van der Waals surface area (Å²) in [7, 11) is 0. The van der Waals surface area contributed by atoms with Gasteiger partial charge in [0.2, 0.25) is 0 Å². The highest BCUT2D eigenvalue weighted by molar-refractivity contribution is 5.77. The molecular weight excluding hydrogens is 556 g/mol. The zero-order valence-electron chi connectivity index (χ0n) is 26.5. The molecule has 4 aliphatic rings. The van der Waals surface area contributed by atoms with Crippen LogP contribution in [0.2, 0.25) is 0 Å². The summed E-state index contributed by atoms with van der Waals surface area (Å²) in [6, 6.07) is 31.9. The van der Waals surface area contributed by atoms with Gasteiger partial charge in [-0.25, -0.2) is 9.97 Å². The van der Waals surface area contributed by atoms with Gasteiger partial charge < -0.3 is 0 Å². The van der Waals surface area contributed by atoms with E-state index in [1.165, 1.54) is 38.3 Å². The summed E-state index contributed by atoms with van der Waals surface area (Å²) in [5.41, 5.74) is 11.0. The van der Waals surface area contributed by atoms with Crippen LogP contribution in [-0.4, -0.2) is 9.97 Å². The molecule has 2 heteroatoms. The number of allylic oxidation sites excluding steroid dienone is 12. The molecule has 0 bridgehead atoms. The van der Waals surface area contributed by atoms with Gasteiger partial charge in [0.15, 0.2) is 5.82 Å². The molecule has 0 fully saturated rings. The van der Waals surface area contributed by atoms with Crippen LogP contribution in [0.1, 0.15) is 32.4 Å². The Bertz CT molecular complexity index is 2060. The average Bonchev–Trinajstić information content (AvgIpc) is 3.11. The minimum atomic E-state index is 0.236. The van der Waals surface area contributed by atoms with Crippen molar-refractivity contribution < 1.29 is 0 Å². The Kier molecular flexibility index (Phi) is 7.42. The number of hydrogen-bond donors (Lipinski definition) is 0. The van der Waals surface area contributed by atoms with Gasteiger partial charge in [-0.05, 0) is 64.5 Å². The van der Waals surface area contributed by atoms with Crippen LogP contribution >= 0.6 is 0 Å². The largest absolute Gasteiger partial charge is 0.228 e. The third-order valence-electron chi connectivity index (χ3n) is 9.90. The van der Waals surface area contributed by atoms with Crippen molar-refractivity contribution in [2.75, 3.05) is 0 Å². The zero-order chi connectivity index (χ0) is 31.0. The van der Waals surface area contributed by atoms with E-state index in [9.17, 15) is 0 Å². The molecule has 3 aromatic carbocycles. The molecule has 0 saturated carbocycles. The smallest absolute Gasteiger partial charge is 0.160 e. The first-order chi connectivity index (χ1) is 22.6. The van der Waals surface area contributed by atoms with E-state index in [1.54, 1.807) is 0 Å². The molecule has 1 aromatic heterocycles. The molecule has 0 saturated heterocycles. The fourth-order valence-electron chi connectivity index (χ4n) is 7.66. The van der Waals surface area contributed by atoms with Gasteiger partial charge in [0.25, 0.3) is 0 Å². The molecule has 4 atom stereocenters. The van der Waals surface area contributed by atoms with Crippen LogP contribution in [0.5, 0.6) is 0 Å². The lowest BCUT2D eigenvalue weighted by atomic mass is 9.70. The molecule has 46 heavy (non-hydrogen) atoms. The highest BCUT2D eigenvalue weighted by Gasteiger charge is 2.31. The standard InChI is InChI=1S/C44H38N2/c1-29-21-22-37(30(2)23-29)34-24-35(41-27-33-17-9-10-18-38(33)39-19-11-12-20-40(39)41)26-36(25-34)43-28-42(31-13-5-3-6-14-31)45-44(46-43)32-15-7-4-8-16-32/h3-20,22-24,26-29,34,40-41H,21,25H2,1-2H3. The molecule has 1 heterocycles. The lowest BCUT2D eigenvalue weighted by molar-refractivity contribution is 0.653. The van der Waals surface area contributed by atoms with Crippen molar-refractivity contribution in [1.29, 1.82) is 0 Å². The molecule has 0 N–H and O–H groups in total. The van der Waals surface area contributed by atoms with Crippen LogP contribution in [0.4, 0.5) is 0 Å². The number of rotatable bonds is 5. The number of nitrogens with zero attached hydrogens (tertiary/aromatic N) is 2. The van der Waals surface area contributed by atoms with E-state index in [2.05, 4.69) is 153 Å². The number of hydrogen-bond acceptors (Lipinski definition) is 2. The molecule has 4 unspecified atom stereocenters. The highest BCUT2D eigenvalue weighted by Crippen LogP contribution is 2.44. The van der Waals surface area contributed by atoms with Crippen molar-refractivity contribution in [2.24, 2.45) is 23.7 Å². The van der Waals surface area contributed by atoms with E-state index in [-0.39, 0.29) is 11.8 Å². The van der Waals surface area contributed by atoms with Crippen LogP contribution in [0, 0.1) is 23.7 Å². The van der Waals surface area contributed by atoms with Crippen molar-refractivity contribution in [3.63, 3.8) is 0 Å². The van der Waals surface area contributed by atoms with Gasteiger partial charge in [0.1, 0.15) is 0 Å². The Hall–Kier alpha value is -5.08. The lowest BCUT2D eigenvalue weighted by Gasteiger charge is -2.34. The van der Waals surface area contributed by atoms with Crippen LogP contribution in [0.15, 0.2) is 156 Å². The maximum Gasteiger partial charge on any atom is 0.160 e. The Morgan fingerprint density at radius 3 is 2.26 bits per heavy atom. The van der Waals surface area contributed by atoms with Crippen LogP contribution in [-0.2, 0) is 0 Å². The Balaban J connectivity index is 1.30. The predicted octanol–water partition coefficient (Wildman–Crippen LogP) is 9.06. The Labute approximate surface area is 272 Å². The van der Waals surface area contributed by atoms with Crippen LogP contribution < -0.4 is 10.4 Å². The molecular formula is C44H38N2. The van der Waals surface area contributed by atoms with Gasteiger partial charge in [0, 0.05) is 28.9 Å². The summed E-state index contributed by atoms with van der Waals surface area (Å²) >= 11 is 0. The van der Waals surface area contributed by atoms with E-state index in [1.807, 2.05) is 6.07 Å². The predicted molar refractivity (Wildman–Crippen MR) is 192 cm³/mol. The lowest BCUT2D eigenvalue weighted by Crippen LogP contribution is -2.36. The maximum atomic E-state index is 5.28. The maximum absolute atomic E-state index is 5.28. The average molecular weight is 595 g/mol. The van der Waals surface area contributed by atoms with E-state index >= 15 is 0 Å². The second-order valence-electron chi connectivity index (χ2n) is 13.1. The monoisotopic (exact) mass is 594 g/mol. The molecule has 0 spiro atoms. The molecule has 8 rings (SSSR count). The molecule has 0 radical (unpaired) electrons. The topological polar surface area (TPSA) is 25.8 Å². The first kappa shape index (κ1) is 28.4. The van der Waals surface area contributed by atoms with Crippen molar-refractivity contribution in [3.05, 3.63) is 172 Å². The summed E-state index contributed by atoms with van der Waals surface area (Å²) in [4.78, 5) is 10.4. The van der Waals surface area contributed by atoms with E-state index in [0.717, 1.165) is 41.2 Å². The number of fused-ring (bicyclic) bond motifs is 2.